The second kappa shape index (κ2) is 8.42. The van der Waals surface area contributed by atoms with Gasteiger partial charge < -0.3 is 0 Å². The highest BCUT2D eigenvalue weighted by atomic mass is 15.1. The van der Waals surface area contributed by atoms with Gasteiger partial charge in [0.1, 0.15) is 0 Å². The highest BCUT2D eigenvalue weighted by molar-refractivity contribution is 5.11. The third-order valence-corrected chi connectivity index (χ3v) is 2.04. The number of unbranched alkanes of at least 4 members (excludes halogenated alkanes) is 1. The van der Waals surface area contributed by atoms with Gasteiger partial charge in [-0.3, -0.25) is 0 Å². The lowest BCUT2D eigenvalue weighted by Crippen LogP contribution is -1.96. The zero-order chi connectivity index (χ0) is 10.8. The standard InChI is InChI=1S/C12H20N2/c1-5-8-10-11(4)12(9-6-2)14-13-7-3/h6-7,9,11H,2-3,5,8,10H2,1,4H3/b12-9-,14-13?. The molecular weight excluding hydrogens is 172 g/mol. The summed E-state index contributed by atoms with van der Waals surface area (Å²) in [4.78, 5) is 0. The highest BCUT2D eigenvalue weighted by Crippen LogP contribution is 2.19. The second-order valence-corrected chi connectivity index (χ2v) is 3.27. The van der Waals surface area contributed by atoms with Crippen LogP contribution in [0.4, 0.5) is 0 Å². The van der Waals surface area contributed by atoms with E-state index in [0.717, 1.165) is 12.1 Å². The van der Waals surface area contributed by atoms with Crippen molar-refractivity contribution in [2.45, 2.75) is 33.1 Å². The molecular formula is C12H20N2. The van der Waals surface area contributed by atoms with Gasteiger partial charge in [0.2, 0.25) is 0 Å². The van der Waals surface area contributed by atoms with Crippen molar-refractivity contribution < 1.29 is 0 Å². The number of hydrogen-bond donors (Lipinski definition) is 0. The highest BCUT2D eigenvalue weighted by Gasteiger charge is 2.06. The molecule has 0 aliphatic heterocycles. The summed E-state index contributed by atoms with van der Waals surface area (Å²) in [6.07, 6.45) is 8.69. The molecule has 78 valence electrons. The Morgan fingerprint density at radius 3 is 2.64 bits per heavy atom. The molecule has 0 amide bonds. The number of hydrogen-bond acceptors (Lipinski definition) is 2. The van der Waals surface area contributed by atoms with Crippen molar-refractivity contribution in [1.29, 1.82) is 0 Å². The van der Waals surface area contributed by atoms with Gasteiger partial charge >= 0.3 is 0 Å². The Bertz CT molecular complexity index is 226. The number of allylic oxidation sites excluding steroid dienone is 3. The Morgan fingerprint density at radius 2 is 2.14 bits per heavy atom. The van der Waals surface area contributed by atoms with Crippen molar-refractivity contribution in [2.75, 3.05) is 0 Å². The Hall–Kier alpha value is -1.18. The van der Waals surface area contributed by atoms with Gasteiger partial charge in [0.25, 0.3) is 0 Å². The molecule has 0 fully saturated rings. The Balaban J connectivity index is 4.32. The van der Waals surface area contributed by atoms with Gasteiger partial charge in [0.15, 0.2) is 0 Å². The molecule has 0 aromatic carbocycles. The largest absolute Gasteiger partial charge is 0.160 e. The van der Waals surface area contributed by atoms with Crippen molar-refractivity contribution in [3.63, 3.8) is 0 Å². The summed E-state index contributed by atoms with van der Waals surface area (Å²) in [5.74, 6) is 0.441. The van der Waals surface area contributed by atoms with Gasteiger partial charge in [0, 0.05) is 12.1 Å². The minimum atomic E-state index is 0.441. The van der Waals surface area contributed by atoms with Crippen LogP contribution < -0.4 is 0 Å². The maximum Gasteiger partial charge on any atom is 0.0658 e. The molecule has 0 aromatic rings. The smallest absolute Gasteiger partial charge is 0.0658 e. The van der Waals surface area contributed by atoms with Crippen LogP contribution in [0.1, 0.15) is 33.1 Å². The first-order chi connectivity index (χ1) is 6.76. The minimum absolute atomic E-state index is 0.441. The molecule has 14 heavy (non-hydrogen) atoms. The van der Waals surface area contributed by atoms with E-state index in [2.05, 4.69) is 37.2 Å². The quantitative estimate of drug-likeness (QED) is 0.420. The molecule has 0 radical (unpaired) electrons. The molecule has 0 N–H and O–H groups in total. The topological polar surface area (TPSA) is 24.7 Å². The Morgan fingerprint density at radius 1 is 1.43 bits per heavy atom. The lowest BCUT2D eigenvalue weighted by molar-refractivity contribution is 0.563. The summed E-state index contributed by atoms with van der Waals surface area (Å²) in [6.45, 7) is 11.5. The number of rotatable bonds is 7. The first-order valence-electron chi connectivity index (χ1n) is 5.10. The molecule has 0 spiro atoms. The van der Waals surface area contributed by atoms with Crippen molar-refractivity contribution in [3.05, 3.63) is 37.2 Å². The number of azo groups is 1. The van der Waals surface area contributed by atoms with E-state index >= 15 is 0 Å². The van der Waals surface area contributed by atoms with Gasteiger partial charge in [-0.15, -0.1) is 0 Å². The van der Waals surface area contributed by atoms with Crippen LogP contribution in [-0.2, 0) is 0 Å². The zero-order valence-corrected chi connectivity index (χ0v) is 9.24. The summed E-state index contributed by atoms with van der Waals surface area (Å²) in [6, 6.07) is 0. The average molecular weight is 192 g/mol. The minimum Gasteiger partial charge on any atom is -0.160 e. The average Bonchev–Trinajstić information content (AvgIpc) is 2.20. The molecule has 1 atom stereocenters. The molecule has 0 heterocycles. The van der Waals surface area contributed by atoms with Crippen LogP contribution in [0.2, 0.25) is 0 Å². The van der Waals surface area contributed by atoms with E-state index in [9.17, 15) is 0 Å². The van der Waals surface area contributed by atoms with Crippen LogP contribution in [0.5, 0.6) is 0 Å². The van der Waals surface area contributed by atoms with Crippen LogP contribution >= 0.6 is 0 Å². The molecule has 1 unspecified atom stereocenters. The summed E-state index contributed by atoms with van der Waals surface area (Å²) < 4.78 is 0. The first kappa shape index (κ1) is 12.8. The van der Waals surface area contributed by atoms with E-state index in [1.54, 1.807) is 6.08 Å². The van der Waals surface area contributed by atoms with E-state index in [4.69, 9.17) is 0 Å². The second-order valence-electron chi connectivity index (χ2n) is 3.27. The Kier molecular flexibility index (Phi) is 7.71. The van der Waals surface area contributed by atoms with E-state index in [1.165, 1.54) is 19.0 Å². The molecule has 0 aliphatic rings. The van der Waals surface area contributed by atoms with Crippen molar-refractivity contribution in [1.82, 2.24) is 0 Å². The molecule has 0 saturated carbocycles. The lowest BCUT2D eigenvalue weighted by Gasteiger charge is -2.09. The summed E-state index contributed by atoms with van der Waals surface area (Å²) >= 11 is 0. The van der Waals surface area contributed by atoms with Crippen LogP contribution in [0, 0.1) is 5.92 Å². The monoisotopic (exact) mass is 192 g/mol. The third-order valence-electron chi connectivity index (χ3n) is 2.04. The SMILES string of the molecule is C=C/C=C(\N=NC=C)C(C)CCCC. The van der Waals surface area contributed by atoms with Gasteiger partial charge in [-0.05, 0) is 12.5 Å². The van der Waals surface area contributed by atoms with Gasteiger partial charge in [-0.25, -0.2) is 0 Å². The summed E-state index contributed by atoms with van der Waals surface area (Å²) in [5.41, 5.74) is 0.980. The molecule has 0 rings (SSSR count). The molecule has 2 heteroatoms. The molecule has 0 aliphatic carbocycles. The summed E-state index contributed by atoms with van der Waals surface area (Å²) in [7, 11) is 0. The Labute approximate surface area is 87.1 Å². The maximum absolute atomic E-state index is 4.08. The van der Waals surface area contributed by atoms with Gasteiger partial charge in [-0.2, -0.15) is 10.2 Å². The molecule has 0 aromatic heterocycles. The summed E-state index contributed by atoms with van der Waals surface area (Å²) in [5, 5.41) is 7.87. The number of nitrogens with zero attached hydrogens (tertiary/aromatic N) is 2. The fourth-order valence-electron chi connectivity index (χ4n) is 1.18. The first-order valence-corrected chi connectivity index (χ1v) is 5.10. The third kappa shape index (κ3) is 5.46. The zero-order valence-electron chi connectivity index (χ0n) is 9.24. The predicted molar refractivity (Wildman–Crippen MR) is 62.0 cm³/mol. The lowest BCUT2D eigenvalue weighted by atomic mass is 10.0. The van der Waals surface area contributed by atoms with E-state index < -0.39 is 0 Å². The van der Waals surface area contributed by atoms with E-state index in [0.29, 0.717) is 5.92 Å². The van der Waals surface area contributed by atoms with Crippen molar-refractivity contribution in [2.24, 2.45) is 16.1 Å². The van der Waals surface area contributed by atoms with E-state index in [-0.39, 0.29) is 0 Å². The predicted octanol–water partition coefficient (Wildman–Crippen LogP) is 4.48. The van der Waals surface area contributed by atoms with Crippen LogP contribution in [0.15, 0.2) is 47.4 Å². The van der Waals surface area contributed by atoms with Crippen LogP contribution in [0.25, 0.3) is 0 Å². The maximum atomic E-state index is 4.08. The van der Waals surface area contributed by atoms with E-state index in [1.807, 2.05) is 6.08 Å². The van der Waals surface area contributed by atoms with Gasteiger partial charge in [-0.1, -0.05) is 45.9 Å². The molecule has 0 bridgehead atoms. The van der Waals surface area contributed by atoms with Crippen molar-refractivity contribution in [3.8, 4) is 0 Å². The van der Waals surface area contributed by atoms with Crippen LogP contribution in [0.3, 0.4) is 0 Å². The molecule has 0 saturated heterocycles. The fraction of sp³-hybridized carbons (Fsp3) is 0.500. The normalized spacial score (nSPS) is 14.3. The van der Waals surface area contributed by atoms with Crippen LogP contribution in [-0.4, -0.2) is 0 Å². The van der Waals surface area contributed by atoms with Gasteiger partial charge in [0.05, 0.1) is 5.70 Å². The van der Waals surface area contributed by atoms with Crippen molar-refractivity contribution >= 4 is 0 Å². The molecule has 2 nitrogen and oxygen atoms in total. The fourth-order valence-corrected chi connectivity index (χ4v) is 1.18.